The van der Waals surface area contributed by atoms with E-state index in [-0.39, 0.29) is 5.41 Å². The first-order valence-electron chi connectivity index (χ1n) is 5.20. The summed E-state index contributed by atoms with van der Waals surface area (Å²) in [5.74, 6) is 0. The molecule has 0 amide bonds. The molecule has 0 aromatic heterocycles. The summed E-state index contributed by atoms with van der Waals surface area (Å²) in [6.07, 6.45) is 6.68. The van der Waals surface area contributed by atoms with Gasteiger partial charge < -0.3 is 5.73 Å². The molecule has 0 saturated carbocycles. The molecule has 0 atom stereocenters. The largest absolute Gasteiger partial charge is 0.330 e. The fourth-order valence-corrected chi connectivity index (χ4v) is 2.37. The number of hydrogen-bond acceptors (Lipinski definition) is 1. The van der Waals surface area contributed by atoms with Crippen LogP contribution in [-0.4, -0.2) is 6.54 Å². The summed E-state index contributed by atoms with van der Waals surface area (Å²) in [4.78, 5) is 0. The third-order valence-electron chi connectivity index (χ3n) is 3.29. The Bertz CT molecular complexity index is 344. The number of aryl methyl sites for hydroxylation is 1. The van der Waals surface area contributed by atoms with Gasteiger partial charge in [0.25, 0.3) is 0 Å². The molecule has 0 heterocycles. The van der Waals surface area contributed by atoms with Gasteiger partial charge >= 0.3 is 0 Å². The minimum Gasteiger partial charge on any atom is -0.330 e. The molecular weight excluding hydrogens is 170 g/mol. The van der Waals surface area contributed by atoms with Crippen LogP contribution in [0.3, 0.4) is 0 Å². The van der Waals surface area contributed by atoms with Crippen LogP contribution in [-0.2, 0) is 5.41 Å². The Balaban J connectivity index is 2.42. The van der Waals surface area contributed by atoms with Crippen molar-refractivity contribution in [3.63, 3.8) is 0 Å². The smallest absolute Gasteiger partial charge is 0.0147 e. The third kappa shape index (κ3) is 1.38. The normalized spacial score (nSPS) is 18.7. The van der Waals surface area contributed by atoms with Crippen LogP contribution in [0.15, 0.2) is 36.4 Å². The van der Waals surface area contributed by atoms with Crippen LogP contribution in [0.25, 0.3) is 0 Å². The summed E-state index contributed by atoms with van der Waals surface area (Å²) < 4.78 is 0. The van der Waals surface area contributed by atoms with Gasteiger partial charge in [0.15, 0.2) is 0 Å². The lowest BCUT2D eigenvalue weighted by molar-refractivity contribution is 0.468. The zero-order valence-electron chi connectivity index (χ0n) is 8.66. The Morgan fingerprint density at radius 2 is 1.86 bits per heavy atom. The monoisotopic (exact) mass is 187 g/mol. The fraction of sp³-hybridized carbons (Fsp3) is 0.385. The number of hydrogen-bond donors (Lipinski definition) is 1. The van der Waals surface area contributed by atoms with Crippen molar-refractivity contribution in [1.82, 2.24) is 0 Å². The lowest BCUT2D eigenvalue weighted by Crippen LogP contribution is -2.33. The van der Waals surface area contributed by atoms with Gasteiger partial charge in [-0.2, -0.15) is 0 Å². The second kappa shape index (κ2) is 3.58. The molecule has 0 radical (unpaired) electrons. The van der Waals surface area contributed by atoms with Crippen molar-refractivity contribution in [2.75, 3.05) is 6.54 Å². The highest BCUT2D eigenvalue weighted by Gasteiger charge is 2.32. The fourth-order valence-electron chi connectivity index (χ4n) is 2.37. The Labute approximate surface area is 85.6 Å². The van der Waals surface area contributed by atoms with Crippen molar-refractivity contribution < 1.29 is 0 Å². The molecule has 2 rings (SSSR count). The van der Waals surface area contributed by atoms with E-state index in [2.05, 4.69) is 43.3 Å². The van der Waals surface area contributed by atoms with Crippen molar-refractivity contribution in [2.24, 2.45) is 5.73 Å². The van der Waals surface area contributed by atoms with Crippen LogP contribution >= 0.6 is 0 Å². The average molecular weight is 187 g/mol. The second-order valence-corrected chi connectivity index (χ2v) is 4.18. The molecule has 2 N–H and O–H groups in total. The zero-order valence-corrected chi connectivity index (χ0v) is 8.66. The predicted octanol–water partition coefficient (Wildman–Crippen LogP) is 2.54. The Hall–Kier alpha value is -1.08. The minimum atomic E-state index is 0.186. The summed E-state index contributed by atoms with van der Waals surface area (Å²) in [5.41, 5.74) is 8.90. The molecule has 74 valence electrons. The lowest BCUT2D eigenvalue weighted by Gasteiger charge is -2.29. The summed E-state index contributed by atoms with van der Waals surface area (Å²) >= 11 is 0. The first-order chi connectivity index (χ1) is 6.78. The average Bonchev–Trinajstić information content (AvgIpc) is 2.68. The van der Waals surface area contributed by atoms with Gasteiger partial charge in [-0.05, 0) is 30.9 Å². The quantitative estimate of drug-likeness (QED) is 0.707. The molecule has 0 aliphatic heterocycles. The zero-order chi connectivity index (χ0) is 10.0. The van der Waals surface area contributed by atoms with E-state index in [9.17, 15) is 0 Å². The minimum absolute atomic E-state index is 0.186. The highest BCUT2D eigenvalue weighted by molar-refractivity contribution is 5.37. The molecule has 1 nitrogen and oxygen atoms in total. The van der Waals surface area contributed by atoms with Gasteiger partial charge in [0.05, 0.1) is 0 Å². The van der Waals surface area contributed by atoms with Gasteiger partial charge in [0, 0.05) is 12.0 Å². The van der Waals surface area contributed by atoms with E-state index in [0.29, 0.717) is 0 Å². The standard InChI is InChI=1S/C13H17N/c1-11-6-2-3-7-12(11)13(10-14)8-4-5-9-13/h2-7H,8-10,14H2,1H3. The topological polar surface area (TPSA) is 26.0 Å². The highest BCUT2D eigenvalue weighted by Crippen LogP contribution is 2.37. The Morgan fingerprint density at radius 3 is 2.43 bits per heavy atom. The predicted molar refractivity (Wildman–Crippen MR) is 60.3 cm³/mol. The Morgan fingerprint density at radius 1 is 1.21 bits per heavy atom. The summed E-state index contributed by atoms with van der Waals surface area (Å²) in [6.45, 7) is 2.91. The Kier molecular flexibility index (Phi) is 2.42. The van der Waals surface area contributed by atoms with Crippen LogP contribution in [0.1, 0.15) is 24.0 Å². The lowest BCUT2D eigenvalue weighted by atomic mass is 9.76. The molecule has 0 fully saturated rings. The van der Waals surface area contributed by atoms with Gasteiger partial charge in [-0.15, -0.1) is 0 Å². The van der Waals surface area contributed by atoms with E-state index in [1.54, 1.807) is 0 Å². The summed E-state index contributed by atoms with van der Waals surface area (Å²) in [7, 11) is 0. The van der Waals surface area contributed by atoms with E-state index in [1.807, 2.05) is 0 Å². The molecule has 0 spiro atoms. The number of rotatable bonds is 2. The second-order valence-electron chi connectivity index (χ2n) is 4.18. The summed E-state index contributed by atoms with van der Waals surface area (Å²) in [5, 5.41) is 0. The van der Waals surface area contributed by atoms with Crippen LogP contribution in [0.2, 0.25) is 0 Å². The van der Waals surface area contributed by atoms with Crippen molar-refractivity contribution in [3.05, 3.63) is 47.5 Å². The maximum atomic E-state index is 5.93. The van der Waals surface area contributed by atoms with Crippen molar-refractivity contribution in [2.45, 2.75) is 25.2 Å². The van der Waals surface area contributed by atoms with Gasteiger partial charge in [0.2, 0.25) is 0 Å². The van der Waals surface area contributed by atoms with Crippen LogP contribution < -0.4 is 5.73 Å². The van der Waals surface area contributed by atoms with Crippen LogP contribution in [0.4, 0.5) is 0 Å². The SMILES string of the molecule is Cc1ccccc1C1(CN)CC=CC1. The first-order valence-corrected chi connectivity index (χ1v) is 5.20. The molecular formula is C13H17N. The maximum absolute atomic E-state index is 5.93. The molecule has 1 aromatic carbocycles. The molecule has 0 bridgehead atoms. The van der Waals surface area contributed by atoms with Gasteiger partial charge in [-0.3, -0.25) is 0 Å². The van der Waals surface area contributed by atoms with Crippen molar-refractivity contribution in [3.8, 4) is 0 Å². The third-order valence-corrected chi connectivity index (χ3v) is 3.29. The van der Waals surface area contributed by atoms with E-state index < -0.39 is 0 Å². The molecule has 1 aliphatic rings. The molecule has 1 aromatic rings. The summed E-state index contributed by atoms with van der Waals surface area (Å²) in [6, 6.07) is 8.59. The molecule has 0 saturated heterocycles. The van der Waals surface area contributed by atoms with Gasteiger partial charge in [-0.1, -0.05) is 36.4 Å². The maximum Gasteiger partial charge on any atom is 0.0147 e. The molecule has 0 unspecified atom stereocenters. The molecule has 1 heteroatoms. The first kappa shape index (κ1) is 9.47. The van der Waals surface area contributed by atoms with Crippen LogP contribution in [0, 0.1) is 6.92 Å². The highest BCUT2D eigenvalue weighted by atomic mass is 14.6. The van der Waals surface area contributed by atoms with Gasteiger partial charge in [-0.25, -0.2) is 0 Å². The van der Waals surface area contributed by atoms with E-state index in [0.717, 1.165) is 19.4 Å². The number of benzene rings is 1. The van der Waals surface area contributed by atoms with Gasteiger partial charge in [0.1, 0.15) is 0 Å². The molecule has 14 heavy (non-hydrogen) atoms. The van der Waals surface area contributed by atoms with Crippen LogP contribution in [0.5, 0.6) is 0 Å². The van der Waals surface area contributed by atoms with Crippen molar-refractivity contribution in [1.29, 1.82) is 0 Å². The van der Waals surface area contributed by atoms with E-state index in [4.69, 9.17) is 5.73 Å². The van der Waals surface area contributed by atoms with E-state index >= 15 is 0 Å². The van der Waals surface area contributed by atoms with E-state index in [1.165, 1.54) is 11.1 Å². The van der Waals surface area contributed by atoms with Crippen molar-refractivity contribution >= 4 is 0 Å². The number of allylic oxidation sites excluding steroid dienone is 2. The number of nitrogens with two attached hydrogens (primary N) is 1. The molecule has 1 aliphatic carbocycles.